The van der Waals surface area contributed by atoms with Gasteiger partial charge in [-0.05, 0) is 61.1 Å². The van der Waals surface area contributed by atoms with Crippen LogP contribution in [-0.2, 0) is 6.54 Å². The van der Waals surface area contributed by atoms with Crippen molar-refractivity contribution in [3.05, 3.63) is 96.1 Å². The Morgan fingerprint density at radius 3 is 2.04 bits per heavy atom. The fourth-order valence-corrected chi connectivity index (χ4v) is 2.92. The van der Waals surface area contributed by atoms with Crippen molar-refractivity contribution in [3.63, 3.8) is 0 Å². The fourth-order valence-electron chi connectivity index (χ4n) is 2.63. The van der Waals surface area contributed by atoms with Crippen molar-refractivity contribution in [1.29, 1.82) is 0 Å². The quantitative estimate of drug-likeness (QED) is 0.495. The third-order valence-corrected chi connectivity index (χ3v) is 4.36. The molecule has 3 nitrogen and oxygen atoms in total. The van der Waals surface area contributed by atoms with E-state index in [0.717, 1.165) is 11.4 Å². The molecule has 0 bridgehead atoms. The van der Waals surface area contributed by atoms with Gasteiger partial charge in [0, 0.05) is 16.9 Å². The van der Waals surface area contributed by atoms with E-state index in [0.29, 0.717) is 17.2 Å². The summed E-state index contributed by atoms with van der Waals surface area (Å²) in [7, 11) is 0. The van der Waals surface area contributed by atoms with E-state index in [2.05, 4.69) is 22.3 Å². The minimum atomic E-state index is 0.0501. The number of nitrogens with zero attached hydrogens (tertiary/aromatic N) is 1. The van der Waals surface area contributed by atoms with Crippen molar-refractivity contribution in [2.24, 2.45) is 0 Å². The highest BCUT2D eigenvalue weighted by atomic mass is 32.1. The number of hydrogen-bond donors (Lipinski definition) is 1. The van der Waals surface area contributed by atoms with E-state index in [1.165, 1.54) is 5.56 Å². The summed E-state index contributed by atoms with van der Waals surface area (Å²) >= 11 is 5.67. The van der Waals surface area contributed by atoms with Crippen LogP contribution in [0.5, 0.6) is 0 Å². The molecule has 4 heteroatoms. The molecule has 3 aromatic carbocycles. The number of carbonyl (C=O) groups is 1. The molecule has 0 heterocycles. The normalized spacial score (nSPS) is 10.2. The number of nitrogens with one attached hydrogen (secondary N) is 1. The van der Waals surface area contributed by atoms with Crippen molar-refractivity contribution < 1.29 is 4.79 Å². The largest absolute Gasteiger partial charge is 0.332 e. The summed E-state index contributed by atoms with van der Waals surface area (Å²) in [4.78, 5) is 13.5. The van der Waals surface area contributed by atoms with E-state index in [9.17, 15) is 4.79 Å². The Kier molecular flexibility index (Phi) is 5.77. The van der Waals surface area contributed by atoms with Gasteiger partial charge in [-0.15, -0.1) is 0 Å². The summed E-state index contributed by atoms with van der Waals surface area (Å²) in [5, 5.41) is 3.88. The number of anilines is 2. The number of benzene rings is 3. The molecular formula is C22H20N2OS. The summed E-state index contributed by atoms with van der Waals surface area (Å²) in [6, 6.07) is 27.6. The smallest absolute Gasteiger partial charge is 0.178 e. The maximum Gasteiger partial charge on any atom is 0.178 e. The zero-order valence-electron chi connectivity index (χ0n) is 14.6. The summed E-state index contributed by atoms with van der Waals surface area (Å²) in [6.07, 6.45) is 0. The molecule has 3 rings (SSSR count). The summed E-state index contributed by atoms with van der Waals surface area (Å²) in [5.41, 5.74) is 3.74. The van der Waals surface area contributed by atoms with Gasteiger partial charge in [-0.3, -0.25) is 4.79 Å². The standard InChI is InChI=1S/C22H20N2OS/c1-17(25)19-12-14-20(15-13-19)23-22(26)24(21-10-6-3-7-11-21)16-18-8-4-2-5-9-18/h2-15H,16H2,1H3,(H,23,26). The van der Waals surface area contributed by atoms with Gasteiger partial charge in [0.2, 0.25) is 0 Å². The van der Waals surface area contributed by atoms with E-state index in [1.807, 2.05) is 60.7 Å². The first-order chi connectivity index (χ1) is 12.6. The Hall–Kier alpha value is -2.98. The molecule has 130 valence electrons. The number of thiocarbonyl (C=S) groups is 1. The van der Waals surface area contributed by atoms with Crippen LogP contribution in [0.1, 0.15) is 22.8 Å². The first kappa shape index (κ1) is 17.8. The molecule has 0 radical (unpaired) electrons. The highest BCUT2D eigenvalue weighted by Gasteiger charge is 2.13. The number of para-hydroxylation sites is 1. The first-order valence-electron chi connectivity index (χ1n) is 8.42. The molecule has 0 unspecified atom stereocenters. The number of rotatable bonds is 5. The molecule has 0 aliphatic heterocycles. The Morgan fingerprint density at radius 2 is 1.46 bits per heavy atom. The van der Waals surface area contributed by atoms with Gasteiger partial charge < -0.3 is 10.2 Å². The second-order valence-corrected chi connectivity index (χ2v) is 6.36. The van der Waals surface area contributed by atoms with Crippen LogP contribution in [-0.4, -0.2) is 10.9 Å². The highest BCUT2D eigenvalue weighted by Crippen LogP contribution is 2.19. The van der Waals surface area contributed by atoms with Gasteiger partial charge >= 0.3 is 0 Å². The van der Waals surface area contributed by atoms with E-state index in [-0.39, 0.29) is 5.78 Å². The summed E-state index contributed by atoms with van der Waals surface area (Å²) < 4.78 is 0. The highest BCUT2D eigenvalue weighted by molar-refractivity contribution is 7.80. The average Bonchev–Trinajstić information content (AvgIpc) is 2.68. The molecule has 0 saturated heterocycles. The second kappa shape index (κ2) is 8.41. The zero-order chi connectivity index (χ0) is 18.4. The number of hydrogen-bond acceptors (Lipinski definition) is 2. The topological polar surface area (TPSA) is 32.3 Å². The van der Waals surface area contributed by atoms with E-state index < -0.39 is 0 Å². The number of Topliss-reactive ketones (excluding diaryl/α,β-unsaturated/α-hetero) is 1. The molecule has 0 amide bonds. The Balaban J connectivity index is 1.81. The summed E-state index contributed by atoms with van der Waals surface area (Å²) in [5.74, 6) is 0.0501. The van der Waals surface area contributed by atoms with Crippen LogP contribution in [0.3, 0.4) is 0 Å². The van der Waals surface area contributed by atoms with Crippen molar-refractivity contribution >= 4 is 34.5 Å². The van der Waals surface area contributed by atoms with Gasteiger partial charge in [0.15, 0.2) is 10.9 Å². The van der Waals surface area contributed by atoms with E-state index >= 15 is 0 Å². The number of carbonyl (C=O) groups excluding carboxylic acids is 1. The molecule has 0 aliphatic rings. The predicted octanol–water partition coefficient (Wildman–Crippen LogP) is 5.29. The first-order valence-corrected chi connectivity index (χ1v) is 8.83. The molecule has 26 heavy (non-hydrogen) atoms. The fraction of sp³-hybridized carbons (Fsp3) is 0.0909. The van der Waals surface area contributed by atoms with Crippen LogP contribution in [0.2, 0.25) is 0 Å². The molecular weight excluding hydrogens is 340 g/mol. The van der Waals surface area contributed by atoms with Gasteiger partial charge in [0.25, 0.3) is 0 Å². The van der Waals surface area contributed by atoms with Crippen LogP contribution in [0, 0.1) is 0 Å². The van der Waals surface area contributed by atoms with Crippen LogP contribution in [0.4, 0.5) is 11.4 Å². The molecule has 0 fully saturated rings. The molecule has 1 N–H and O–H groups in total. The SMILES string of the molecule is CC(=O)c1ccc(NC(=S)N(Cc2ccccc2)c2ccccc2)cc1. The number of ketones is 1. The van der Waals surface area contributed by atoms with Crippen LogP contribution in [0.15, 0.2) is 84.9 Å². The van der Waals surface area contributed by atoms with Gasteiger partial charge in [0.05, 0.1) is 6.54 Å². The van der Waals surface area contributed by atoms with E-state index in [4.69, 9.17) is 12.2 Å². The minimum Gasteiger partial charge on any atom is -0.332 e. The van der Waals surface area contributed by atoms with Crippen LogP contribution in [0.25, 0.3) is 0 Å². The minimum absolute atomic E-state index is 0.0501. The Labute approximate surface area is 159 Å². The third kappa shape index (κ3) is 4.55. The Morgan fingerprint density at radius 1 is 0.885 bits per heavy atom. The van der Waals surface area contributed by atoms with Gasteiger partial charge in [0.1, 0.15) is 0 Å². The van der Waals surface area contributed by atoms with Gasteiger partial charge in [-0.1, -0.05) is 48.5 Å². The van der Waals surface area contributed by atoms with Crippen LogP contribution >= 0.6 is 12.2 Å². The van der Waals surface area contributed by atoms with Crippen LogP contribution < -0.4 is 10.2 Å². The average molecular weight is 360 g/mol. The lowest BCUT2D eigenvalue weighted by atomic mass is 10.1. The lowest BCUT2D eigenvalue weighted by Gasteiger charge is -2.26. The van der Waals surface area contributed by atoms with Crippen molar-refractivity contribution in [3.8, 4) is 0 Å². The lowest BCUT2D eigenvalue weighted by Crippen LogP contribution is -2.34. The molecule has 0 aromatic heterocycles. The molecule has 0 spiro atoms. The third-order valence-electron chi connectivity index (χ3n) is 4.04. The van der Waals surface area contributed by atoms with Crippen molar-refractivity contribution in [2.45, 2.75) is 13.5 Å². The molecule has 0 saturated carbocycles. The zero-order valence-corrected chi connectivity index (χ0v) is 15.4. The predicted molar refractivity (Wildman–Crippen MR) is 112 cm³/mol. The maximum atomic E-state index is 11.4. The molecule has 0 atom stereocenters. The second-order valence-electron chi connectivity index (χ2n) is 5.97. The van der Waals surface area contributed by atoms with Crippen molar-refractivity contribution in [2.75, 3.05) is 10.2 Å². The molecule has 0 aliphatic carbocycles. The summed E-state index contributed by atoms with van der Waals surface area (Å²) in [6.45, 7) is 2.23. The van der Waals surface area contributed by atoms with Crippen molar-refractivity contribution in [1.82, 2.24) is 0 Å². The van der Waals surface area contributed by atoms with Gasteiger partial charge in [-0.25, -0.2) is 0 Å². The lowest BCUT2D eigenvalue weighted by molar-refractivity contribution is 0.101. The Bertz CT molecular complexity index is 877. The van der Waals surface area contributed by atoms with Gasteiger partial charge in [-0.2, -0.15) is 0 Å². The monoisotopic (exact) mass is 360 g/mol. The maximum absolute atomic E-state index is 11.4. The van der Waals surface area contributed by atoms with E-state index in [1.54, 1.807) is 19.1 Å². The molecule has 3 aromatic rings.